The molecule has 0 spiro atoms. The largest absolute Gasteiger partial charge is 0.451 e. The van der Waals surface area contributed by atoms with Gasteiger partial charge in [0.15, 0.2) is 17.4 Å². The molecule has 0 fully saturated rings. The molecule has 7 nitrogen and oxygen atoms in total. The van der Waals surface area contributed by atoms with Crippen LogP contribution in [0.25, 0.3) is 10.8 Å². The molecule has 9 heteroatoms. The van der Waals surface area contributed by atoms with E-state index in [-0.39, 0.29) is 6.61 Å². The lowest BCUT2D eigenvalue weighted by molar-refractivity contribution is -0.119. The molecule has 1 N–H and O–H groups in total. The number of rotatable bonds is 5. The second kappa shape index (κ2) is 8.32. The number of hydrogen-bond donors (Lipinski definition) is 1. The Hall–Kier alpha value is -2.40. The Morgan fingerprint density at radius 1 is 1.19 bits per heavy atom. The minimum absolute atomic E-state index is 0.328. The second-order valence-corrected chi connectivity index (χ2v) is 7.38. The number of esters is 1. The molecule has 26 heavy (non-hydrogen) atoms. The summed E-state index contributed by atoms with van der Waals surface area (Å²) in [4.78, 5) is 37.0. The Balaban J connectivity index is 1.60. The molecule has 0 bridgehead atoms. The van der Waals surface area contributed by atoms with Crippen LogP contribution in [0.2, 0.25) is 0 Å². The van der Waals surface area contributed by atoms with Gasteiger partial charge in [0, 0.05) is 21.7 Å². The molecule has 2 aromatic heterocycles. The van der Waals surface area contributed by atoms with E-state index < -0.39 is 11.9 Å². The van der Waals surface area contributed by atoms with Crippen molar-refractivity contribution in [2.75, 3.05) is 11.9 Å². The molecule has 0 aliphatic heterocycles. The van der Waals surface area contributed by atoms with Gasteiger partial charge in [-0.15, -0.1) is 11.3 Å². The second-order valence-electron chi connectivity index (χ2n) is 5.14. The van der Waals surface area contributed by atoms with Gasteiger partial charge in [0.25, 0.3) is 5.91 Å². The third-order valence-electron chi connectivity index (χ3n) is 3.20. The molecule has 0 aliphatic carbocycles. The number of nitrogens with one attached hydrogen (secondary N) is 1. The van der Waals surface area contributed by atoms with Gasteiger partial charge >= 0.3 is 5.97 Å². The lowest BCUT2D eigenvalue weighted by atomic mass is 10.3. The van der Waals surface area contributed by atoms with E-state index in [1.165, 1.54) is 0 Å². The summed E-state index contributed by atoms with van der Waals surface area (Å²) in [6, 6.07) is 9.00. The van der Waals surface area contributed by atoms with Crippen LogP contribution < -0.4 is 5.32 Å². The molecule has 0 unspecified atom stereocenters. The molecule has 3 aromatic rings. The van der Waals surface area contributed by atoms with Gasteiger partial charge in [-0.1, -0.05) is 0 Å². The highest BCUT2D eigenvalue weighted by atomic mass is 127. The van der Waals surface area contributed by atoms with Gasteiger partial charge in [-0.2, -0.15) is 0 Å². The highest BCUT2D eigenvalue weighted by molar-refractivity contribution is 14.1. The molecule has 0 atom stereocenters. The average Bonchev–Trinajstić information content (AvgIpc) is 3.04. The maximum Gasteiger partial charge on any atom is 0.350 e. The number of carbonyl (C=O) groups excluding carboxylic acids is 2. The van der Waals surface area contributed by atoms with Crippen LogP contribution in [0, 0.1) is 10.5 Å². The highest BCUT2D eigenvalue weighted by Crippen LogP contribution is 2.25. The van der Waals surface area contributed by atoms with E-state index in [4.69, 9.17) is 4.74 Å². The number of carbonyl (C=O) groups is 2. The predicted octanol–water partition coefficient (Wildman–Crippen LogP) is 3.31. The Morgan fingerprint density at radius 2 is 1.88 bits per heavy atom. The van der Waals surface area contributed by atoms with Crippen molar-refractivity contribution in [3.05, 3.63) is 56.9 Å². The first kappa shape index (κ1) is 18.4. The van der Waals surface area contributed by atoms with E-state index in [1.54, 1.807) is 37.5 Å². The fourth-order valence-electron chi connectivity index (χ4n) is 2.02. The summed E-state index contributed by atoms with van der Waals surface area (Å²) in [5.74, 6) is -0.565. The Kier molecular flexibility index (Phi) is 5.89. The summed E-state index contributed by atoms with van der Waals surface area (Å²) in [7, 11) is 0. The fourth-order valence-corrected chi connectivity index (χ4v) is 3.29. The molecule has 0 radical (unpaired) electrons. The molecule has 3 rings (SSSR count). The van der Waals surface area contributed by atoms with Crippen molar-refractivity contribution in [2.24, 2.45) is 0 Å². The summed E-state index contributed by atoms with van der Waals surface area (Å²) in [5.41, 5.74) is 1.16. The van der Waals surface area contributed by atoms with Crippen LogP contribution in [0.3, 0.4) is 0 Å². The van der Waals surface area contributed by atoms with Gasteiger partial charge in [0.2, 0.25) is 0 Å². The number of anilines is 1. The normalized spacial score (nSPS) is 10.4. The van der Waals surface area contributed by atoms with Gasteiger partial charge < -0.3 is 10.1 Å². The maximum absolute atomic E-state index is 12.2. The van der Waals surface area contributed by atoms with Crippen molar-refractivity contribution < 1.29 is 14.3 Å². The SMILES string of the molecule is Cc1nc(-c2ncccn2)sc1C(=O)OCC(=O)Nc1ccc(I)cc1. The minimum Gasteiger partial charge on any atom is -0.451 e. The first-order valence-electron chi connectivity index (χ1n) is 7.50. The zero-order valence-corrected chi connectivity index (χ0v) is 16.6. The zero-order chi connectivity index (χ0) is 18.5. The molecule has 2 heterocycles. The number of nitrogens with zero attached hydrogens (tertiary/aromatic N) is 3. The van der Waals surface area contributed by atoms with E-state index in [0.717, 1.165) is 14.9 Å². The van der Waals surface area contributed by atoms with Gasteiger partial charge in [-0.3, -0.25) is 4.79 Å². The van der Waals surface area contributed by atoms with Gasteiger partial charge in [0.05, 0.1) is 5.69 Å². The van der Waals surface area contributed by atoms with E-state index >= 15 is 0 Å². The lowest BCUT2D eigenvalue weighted by Crippen LogP contribution is -2.20. The van der Waals surface area contributed by atoms with E-state index in [0.29, 0.717) is 27.1 Å². The topological polar surface area (TPSA) is 94.1 Å². The number of aryl methyl sites for hydroxylation is 1. The van der Waals surface area contributed by atoms with Crippen molar-refractivity contribution in [2.45, 2.75) is 6.92 Å². The number of thiazole rings is 1. The van der Waals surface area contributed by atoms with Crippen LogP contribution in [0.15, 0.2) is 42.7 Å². The number of benzene rings is 1. The summed E-state index contributed by atoms with van der Waals surface area (Å²) in [6.07, 6.45) is 3.21. The van der Waals surface area contributed by atoms with Gasteiger partial charge in [-0.25, -0.2) is 19.7 Å². The Morgan fingerprint density at radius 3 is 2.58 bits per heavy atom. The Bertz CT molecular complexity index is 929. The van der Waals surface area contributed by atoms with Crippen molar-refractivity contribution in [1.29, 1.82) is 0 Å². The molecule has 132 valence electrons. The van der Waals surface area contributed by atoms with Crippen LogP contribution in [0.1, 0.15) is 15.4 Å². The molecule has 0 saturated heterocycles. The summed E-state index contributed by atoms with van der Waals surface area (Å²) >= 11 is 3.31. The van der Waals surface area contributed by atoms with Gasteiger partial charge in [0.1, 0.15) is 4.88 Å². The lowest BCUT2D eigenvalue weighted by Gasteiger charge is -2.06. The molecule has 0 saturated carbocycles. The fraction of sp³-hybridized carbons (Fsp3) is 0.118. The van der Waals surface area contributed by atoms with Crippen molar-refractivity contribution in [3.8, 4) is 10.8 Å². The molecular weight excluding hydrogens is 467 g/mol. The smallest absolute Gasteiger partial charge is 0.350 e. The summed E-state index contributed by atoms with van der Waals surface area (Å²) in [6.45, 7) is 1.32. The van der Waals surface area contributed by atoms with Crippen LogP contribution in [0.4, 0.5) is 5.69 Å². The predicted molar refractivity (Wildman–Crippen MR) is 106 cm³/mol. The van der Waals surface area contributed by atoms with Crippen LogP contribution in [-0.4, -0.2) is 33.4 Å². The van der Waals surface area contributed by atoms with Crippen molar-refractivity contribution >= 4 is 51.5 Å². The highest BCUT2D eigenvalue weighted by Gasteiger charge is 2.19. The number of aromatic nitrogens is 3. The molecule has 1 aromatic carbocycles. The average molecular weight is 480 g/mol. The summed E-state index contributed by atoms with van der Waals surface area (Å²) < 4.78 is 6.15. The maximum atomic E-state index is 12.2. The van der Waals surface area contributed by atoms with Gasteiger partial charge in [-0.05, 0) is 59.8 Å². The summed E-state index contributed by atoms with van der Waals surface area (Å²) in [5, 5.41) is 3.20. The number of ether oxygens (including phenoxy) is 1. The monoisotopic (exact) mass is 480 g/mol. The van der Waals surface area contributed by atoms with E-state index in [9.17, 15) is 9.59 Å². The third kappa shape index (κ3) is 4.61. The quantitative estimate of drug-likeness (QED) is 0.445. The van der Waals surface area contributed by atoms with Crippen LogP contribution >= 0.6 is 33.9 Å². The van der Waals surface area contributed by atoms with E-state index in [1.807, 2.05) is 12.1 Å². The van der Waals surface area contributed by atoms with Crippen molar-refractivity contribution in [3.63, 3.8) is 0 Å². The van der Waals surface area contributed by atoms with Crippen LogP contribution in [-0.2, 0) is 9.53 Å². The first-order valence-corrected chi connectivity index (χ1v) is 9.40. The number of hydrogen-bond acceptors (Lipinski definition) is 7. The number of amides is 1. The van der Waals surface area contributed by atoms with Crippen molar-refractivity contribution in [1.82, 2.24) is 15.0 Å². The first-order chi connectivity index (χ1) is 12.5. The van der Waals surface area contributed by atoms with Crippen LogP contribution in [0.5, 0.6) is 0 Å². The van der Waals surface area contributed by atoms with E-state index in [2.05, 4.69) is 42.9 Å². The zero-order valence-electron chi connectivity index (χ0n) is 13.6. The number of halogens is 1. The molecule has 1 amide bonds. The standard InChI is InChI=1S/C17H13IN4O3S/c1-10-14(26-16(21-10)15-19-7-2-8-20-15)17(24)25-9-13(23)22-12-5-3-11(18)4-6-12/h2-8H,9H2,1H3,(H,22,23). The molecule has 0 aliphatic rings. The third-order valence-corrected chi connectivity index (χ3v) is 5.05. The molecular formula is C17H13IN4O3S. The Labute approximate surface area is 167 Å². The minimum atomic E-state index is -0.597.